The van der Waals surface area contributed by atoms with Gasteiger partial charge >= 0.3 is 5.97 Å². The summed E-state index contributed by atoms with van der Waals surface area (Å²) in [6.07, 6.45) is 1.67. The molecule has 180 valence electrons. The van der Waals surface area contributed by atoms with Crippen molar-refractivity contribution in [1.82, 2.24) is 14.1 Å². The van der Waals surface area contributed by atoms with Crippen LogP contribution in [0.25, 0.3) is 5.65 Å². The number of sulfonamides is 1. The van der Waals surface area contributed by atoms with E-state index in [1.165, 1.54) is 28.7 Å². The lowest BCUT2D eigenvalue weighted by atomic mass is 10.1. The number of hydrogen-bond acceptors (Lipinski definition) is 8. The highest BCUT2D eigenvalue weighted by Crippen LogP contribution is 2.32. The van der Waals surface area contributed by atoms with Gasteiger partial charge < -0.3 is 14.2 Å². The SMILES string of the molecule is Cc1ccc2nc(COC(=O)[C@@H](NS(=O)(=O)c3ccc4c(c3)OCCO4)C(C)C)cc(=O)n2c1. The zero-order chi connectivity index (χ0) is 24.5. The zero-order valence-corrected chi connectivity index (χ0v) is 19.8. The Bertz CT molecular complexity index is 1400. The van der Waals surface area contributed by atoms with Gasteiger partial charge in [0, 0.05) is 18.3 Å². The summed E-state index contributed by atoms with van der Waals surface area (Å²) in [4.78, 5) is 29.4. The first-order valence-electron chi connectivity index (χ1n) is 10.7. The van der Waals surface area contributed by atoms with E-state index in [9.17, 15) is 18.0 Å². The Morgan fingerprint density at radius 1 is 1.15 bits per heavy atom. The number of ether oxygens (including phenoxy) is 3. The van der Waals surface area contributed by atoms with E-state index in [4.69, 9.17) is 14.2 Å². The first kappa shape index (κ1) is 23.7. The van der Waals surface area contributed by atoms with Crippen LogP contribution in [-0.2, 0) is 26.2 Å². The number of nitrogens with zero attached hydrogens (tertiary/aromatic N) is 2. The van der Waals surface area contributed by atoms with Crippen LogP contribution in [0.4, 0.5) is 0 Å². The normalized spacial score (nSPS) is 14.2. The van der Waals surface area contributed by atoms with Crippen LogP contribution in [0, 0.1) is 12.8 Å². The van der Waals surface area contributed by atoms with Crippen LogP contribution in [0.15, 0.2) is 52.3 Å². The highest BCUT2D eigenvalue weighted by atomic mass is 32.2. The third kappa shape index (κ3) is 5.05. The lowest BCUT2D eigenvalue weighted by molar-refractivity contribution is -0.148. The zero-order valence-electron chi connectivity index (χ0n) is 19.0. The summed E-state index contributed by atoms with van der Waals surface area (Å²) >= 11 is 0. The molecule has 0 aliphatic carbocycles. The van der Waals surface area contributed by atoms with Crippen molar-refractivity contribution in [2.45, 2.75) is 38.3 Å². The molecule has 2 aromatic heterocycles. The summed E-state index contributed by atoms with van der Waals surface area (Å²) in [7, 11) is -4.06. The lowest BCUT2D eigenvalue weighted by Crippen LogP contribution is -2.45. The highest BCUT2D eigenvalue weighted by Gasteiger charge is 2.30. The Morgan fingerprint density at radius 2 is 1.88 bits per heavy atom. The van der Waals surface area contributed by atoms with Crippen LogP contribution in [0.5, 0.6) is 11.5 Å². The average molecular weight is 488 g/mol. The number of pyridine rings is 1. The smallest absolute Gasteiger partial charge is 0.324 e. The summed E-state index contributed by atoms with van der Waals surface area (Å²) in [6, 6.07) is 7.89. The van der Waals surface area contributed by atoms with Crippen LogP contribution < -0.4 is 19.8 Å². The van der Waals surface area contributed by atoms with E-state index in [2.05, 4.69) is 9.71 Å². The summed E-state index contributed by atoms with van der Waals surface area (Å²) in [5.74, 6) is -0.402. The van der Waals surface area contributed by atoms with Crippen molar-refractivity contribution in [3.63, 3.8) is 0 Å². The molecular formula is C23H25N3O7S. The van der Waals surface area contributed by atoms with E-state index in [1.807, 2.05) is 13.0 Å². The van der Waals surface area contributed by atoms with Gasteiger partial charge in [0.1, 0.15) is 31.5 Å². The Hall–Kier alpha value is -3.44. The van der Waals surface area contributed by atoms with Crippen molar-refractivity contribution in [1.29, 1.82) is 0 Å². The van der Waals surface area contributed by atoms with E-state index in [0.717, 1.165) is 5.56 Å². The number of carbonyl (C=O) groups excluding carboxylic acids is 1. The molecule has 1 aromatic carbocycles. The van der Waals surface area contributed by atoms with Gasteiger partial charge in [-0.05, 0) is 36.6 Å². The third-order valence-corrected chi connectivity index (χ3v) is 6.69. The van der Waals surface area contributed by atoms with Gasteiger partial charge in [-0.25, -0.2) is 13.4 Å². The maximum Gasteiger partial charge on any atom is 0.324 e. The van der Waals surface area contributed by atoms with Crippen molar-refractivity contribution >= 4 is 21.6 Å². The average Bonchev–Trinajstić information content (AvgIpc) is 2.81. The van der Waals surface area contributed by atoms with Gasteiger partial charge in [0.2, 0.25) is 10.0 Å². The molecule has 0 radical (unpaired) electrons. The maximum absolute atomic E-state index is 13.0. The van der Waals surface area contributed by atoms with Gasteiger partial charge in [-0.3, -0.25) is 14.0 Å². The van der Waals surface area contributed by atoms with E-state index in [0.29, 0.717) is 30.4 Å². The molecule has 0 saturated carbocycles. The fraction of sp³-hybridized carbons (Fsp3) is 0.348. The van der Waals surface area contributed by atoms with Gasteiger partial charge in [-0.2, -0.15) is 4.72 Å². The van der Waals surface area contributed by atoms with Gasteiger partial charge in [-0.15, -0.1) is 0 Å². The van der Waals surface area contributed by atoms with E-state index < -0.39 is 28.0 Å². The number of rotatable bonds is 7. The molecule has 0 unspecified atom stereocenters. The summed E-state index contributed by atoms with van der Waals surface area (Å²) in [5.41, 5.74) is 1.28. The van der Waals surface area contributed by atoms with Crippen LogP contribution in [0.3, 0.4) is 0 Å². The van der Waals surface area contributed by atoms with Gasteiger partial charge in [0.25, 0.3) is 5.56 Å². The van der Waals surface area contributed by atoms with E-state index in [-0.39, 0.29) is 22.8 Å². The molecule has 3 aromatic rings. The van der Waals surface area contributed by atoms with Gasteiger partial charge in [0.15, 0.2) is 11.5 Å². The molecule has 1 aliphatic rings. The molecule has 11 heteroatoms. The predicted octanol–water partition coefficient (Wildman–Crippen LogP) is 1.82. The topological polar surface area (TPSA) is 125 Å². The molecule has 10 nitrogen and oxygen atoms in total. The molecular weight excluding hydrogens is 462 g/mol. The van der Waals surface area contributed by atoms with Crippen LogP contribution >= 0.6 is 0 Å². The first-order valence-corrected chi connectivity index (χ1v) is 12.2. The number of esters is 1. The minimum atomic E-state index is -4.06. The monoisotopic (exact) mass is 487 g/mol. The molecule has 4 rings (SSSR count). The fourth-order valence-electron chi connectivity index (χ4n) is 3.45. The second-order valence-corrected chi connectivity index (χ2v) is 9.99. The van der Waals surface area contributed by atoms with Crippen molar-refractivity contribution in [3.05, 3.63) is 64.2 Å². The molecule has 34 heavy (non-hydrogen) atoms. The fourth-order valence-corrected chi connectivity index (χ4v) is 4.80. The van der Waals surface area contributed by atoms with Crippen molar-refractivity contribution in [3.8, 4) is 11.5 Å². The number of aryl methyl sites for hydroxylation is 1. The molecule has 0 amide bonds. The number of carbonyl (C=O) groups is 1. The maximum atomic E-state index is 13.0. The van der Waals surface area contributed by atoms with Crippen LogP contribution in [0.1, 0.15) is 25.1 Å². The van der Waals surface area contributed by atoms with Crippen molar-refractivity contribution in [2.75, 3.05) is 13.2 Å². The number of nitrogens with one attached hydrogen (secondary N) is 1. The first-order chi connectivity index (χ1) is 16.1. The molecule has 0 spiro atoms. The number of aromatic nitrogens is 2. The molecule has 0 fully saturated rings. The number of hydrogen-bond donors (Lipinski definition) is 1. The third-order valence-electron chi connectivity index (χ3n) is 5.25. The molecule has 1 N–H and O–H groups in total. The molecule has 0 bridgehead atoms. The largest absolute Gasteiger partial charge is 0.486 e. The molecule has 0 saturated heterocycles. The second kappa shape index (κ2) is 9.43. The number of benzene rings is 1. The molecule has 1 atom stereocenters. The predicted molar refractivity (Wildman–Crippen MR) is 122 cm³/mol. The van der Waals surface area contributed by atoms with Crippen LogP contribution in [-0.4, -0.2) is 43.0 Å². The number of fused-ring (bicyclic) bond motifs is 2. The molecule has 3 heterocycles. The Labute approximate surface area is 196 Å². The van der Waals surface area contributed by atoms with Crippen molar-refractivity contribution < 1.29 is 27.4 Å². The van der Waals surface area contributed by atoms with Crippen LogP contribution in [0.2, 0.25) is 0 Å². The Morgan fingerprint density at radius 3 is 2.62 bits per heavy atom. The highest BCUT2D eigenvalue weighted by molar-refractivity contribution is 7.89. The minimum absolute atomic E-state index is 0.0605. The Kier molecular flexibility index (Phi) is 6.58. The van der Waals surface area contributed by atoms with E-state index >= 15 is 0 Å². The Balaban J connectivity index is 1.49. The summed E-state index contributed by atoms with van der Waals surface area (Å²) in [5, 5.41) is 0. The minimum Gasteiger partial charge on any atom is -0.486 e. The summed E-state index contributed by atoms with van der Waals surface area (Å²) in [6.45, 7) is 5.68. The van der Waals surface area contributed by atoms with Gasteiger partial charge in [0.05, 0.1) is 10.6 Å². The molecule has 1 aliphatic heterocycles. The lowest BCUT2D eigenvalue weighted by Gasteiger charge is -2.22. The standard InChI is InChI=1S/C23H25N3O7S/c1-14(2)22(25-34(29,30)17-5-6-18-19(11-17)32-9-8-31-18)23(28)33-13-16-10-21(27)26-12-15(3)4-7-20(26)24-16/h4-7,10-12,14,22,25H,8-9,13H2,1-3H3/t22-/m0/s1. The summed E-state index contributed by atoms with van der Waals surface area (Å²) < 4.78 is 45.9. The van der Waals surface area contributed by atoms with E-state index in [1.54, 1.807) is 26.1 Å². The quantitative estimate of drug-likeness (QED) is 0.501. The van der Waals surface area contributed by atoms with Crippen molar-refractivity contribution in [2.24, 2.45) is 5.92 Å². The second-order valence-electron chi connectivity index (χ2n) is 8.28. The van der Waals surface area contributed by atoms with Gasteiger partial charge in [-0.1, -0.05) is 19.9 Å².